The molecule has 0 saturated heterocycles. The molecule has 1 saturated carbocycles. The van der Waals surface area contributed by atoms with Crippen LogP contribution in [-0.2, 0) is 0 Å². The van der Waals surface area contributed by atoms with Crippen molar-refractivity contribution in [3.05, 3.63) is 0 Å². The van der Waals surface area contributed by atoms with E-state index in [0.717, 1.165) is 12.8 Å². The lowest BCUT2D eigenvalue weighted by molar-refractivity contribution is -0.0508. The molecule has 0 aromatic carbocycles. The van der Waals surface area contributed by atoms with Crippen molar-refractivity contribution in [2.75, 3.05) is 6.54 Å². The fourth-order valence-electron chi connectivity index (χ4n) is 1.95. The monoisotopic (exact) mass is 173 g/mol. The van der Waals surface area contributed by atoms with Crippen LogP contribution < -0.4 is 5.73 Å². The van der Waals surface area contributed by atoms with Crippen molar-refractivity contribution < 1.29 is 4.39 Å². The van der Waals surface area contributed by atoms with Gasteiger partial charge in [0.2, 0.25) is 0 Å². The number of hydrogen-bond donors (Lipinski definition) is 1. The predicted octanol–water partition coefficient (Wildman–Crippen LogP) is 2.50. The maximum Gasteiger partial charge on any atom is 0.130 e. The number of rotatable bonds is 2. The number of halogens is 1. The first kappa shape index (κ1) is 9.97. The Morgan fingerprint density at radius 3 is 1.92 bits per heavy atom. The first-order valence-corrected chi connectivity index (χ1v) is 4.81. The van der Waals surface area contributed by atoms with E-state index in [1.54, 1.807) is 0 Å². The molecule has 0 spiro atoms. The van der Waals surface area contributed by atoms with Crippen molar-refractivity contribution in [3.8, 4) is 0 Å². The maximum atomic E-state index is 14.3. The molecular formula is C10H20FN. The van der Waals surface area contributed by atoms with Crippen LogP contribution in [0.4, 0.5) is 4.39 Å². The van der Waals surface area contributed by atoms with E-state index < -0.39 is 5.67 Å². The van der Waals surface area contributed by atoms with Gasteiger partial charge in [0.25, 0.3) is 0 Å². The molecule has 72 valence electrons. The molecule has 1 fully saturated rings. The highest BCUT2D eigenvalue weighted by atomic mass is 19.1. The van der Waals surface area contributed by atoms with Crippen LogP contribution in [0.15, 0.2) is 0 Å². The Bertz CT molecular complexity index is 158. The second kappa shape index (κ2) is 2.99. The smallest absolute Gasteiger partial charge is 0.130 e. The van der Waals surface area contributed by atoms with Gasteiger partial charge in [-0.2, -0.15) is 0 Å². The summed E-state index contributed by atoms with van der Waals surface area (Å²) in [6.07, 6.45) is 3.21. The van der Waals surface area contributed by atoms with Crippen molar-refractivity contribution >= 4 is 0 Å². The lowest BCUT2D eigenvalue weighted by Gasteiger charge is -2.46. The van der Waals surface area contributed by atoms with Gasteiger partial charge in [-0.1, -0.05) is 27.2 Å². The van der Waals surface area contributed by atoms with Crippen LogP contribution in [0.25, 0.3) is 0 Å². The summed E-state index contributed by atoms with van der Waals surface area (Å²) < 4.78 is 14.3. The molecule has 1 unspecified atom stereocenters. The zero-order valence-electron chi connectivity index (χ0n) is 8.36. The summed E-state index contributed by atoms with van der Waals surface area (Å²) in [4.78, 5) is 0. The quantitative estimate of drug-likeness (QED) is 0.682. The van der Waals surface area contributed by atoms with Gasteiger partial charge >= 0.3 is 0 Å². The topological polar surface area (TPSA) is 26.0 Å². The summed E-state index contributed by atoms with van der Waals surface area (Å²) in [7, 11) is 0. The summed E-state index contributed by atoms with van der Waals surface area (Å²) in [5.41, 5.74) is 4.07. The molecule has 0 bridgehead atoms. The van der Waals surface area contributed by atoms with Crippen molar-refractivity contribution in [1.29, 1.82) is 0 Å². The molecule has 0 amide bonds. The number of nitrogens with two attached hydrogens (primary N) is 1. The zero-order chi connectivity index (χ0) is 9.41. The third-order valence-electron chi connectivity index (χ3n) is 3.30. The van der Waals surface area contributed by atoms with E-state index in [1.165, 1.54) is 6.42 Å². The molecule has 1 aliphatic carbocycles. The SMILES string of the molecule is CC(C)(C)C(F)(CN)C1CCC1. The van der Waals surface area contributed by atoms with Crippen molar-refractivity contribution in [2.24, 2.45) is 17.1 Å². The van der Waals surface area contributed by atoms with Gasteiger partial charge in [0.05, 0.1) is 0 Å². The zero-order valence-corrected chi connectivity index (χ0v) is 8.36. The molecule has 0 aromatic heterocycles. The average Bonchev–Trinajstić information content (AvgIpc) is 1.81. The fraction of sp³-hybridized carbons (Fsp3) is 1.00. The number of alkyl halides is 1. The standard InChI is InChI=1S/C10H20FN/c1-9(2,3)10(11,7-12)8-5-4-6-8/h8H,4-7,12H2,1-3H3. The van der Waals surface area contributed by atoms with Gasteiger partial charge in [0, 0.05) is 6.54 Å². The predicted molar refractivity (Wildman–Crippen MR) is 49.7 cm³/mol. The van der Waals surface area contributed by atoms with Crippen LogP contribution in [0.1, 0.15) is 40.0 Å². The van der Waals surface area contributed by atoms with Crippen molar-refractivity contribution in [2.45, 2.75) is 45.7 Å². The normalized spacial score (nSPS) is 24.8. The molecule has 0 heterocycles. The molecule has 1 nitrogen and oxygen atoms in total. The molecule has 2 heteroatoms. The highest BCUT2D eigenvalue weighted by Gasteiger charge is 2.49. The lowest BCUT2D eigenvalue weighted by atomic mass is 9.63. The van der Waals surface area contributed by atoms with Crippen molar-refractivity contribution in [3.63, 3.8) is 0 Å². The van der Waals surface area contributed by atoms with Gasteiger partial charge in [0.1, 0.15) is 5.67 Å². The first-order valence-electron chi connectivity index (χ1n) is 4.81. The Balaban J connectivity index is 2.73. The fourth-order valence-corrected chi connectivity index (χ4v) is 1.95. The molecule has 0 radical (unpaired) electrons. The van der Waals surface area contributed by atoms with E-state index in [2.05, 4.69) is 0 Å². The van der Waals surface area contributed by atoms with E-state index >= 15 is 0 Å². The van der Waals surface area contributed by atoms with Crippen LogP contribution in [0.2, 0.25) is 0 Å². The second-order valence-electron chi connectivity index (χ2n) is 4.94. The molecule has 1 aliphatic rings. The third-order valence-corrected chi connectivity index (χ3v) is 3.30. The second-order valence-corrected chi connectivity index (χ2v) is 4.94. The number of hydrogen-bond acceptors (Lipinski definition) is 1. The van der Waals surface area contributed by atoms with E-state index in [9.17, 15) is 4.39 Å². The highest BCUT2D eigenvalue weighted by Crippen LogP contribution is 2.47. The van der Waals surface area contributed by atoms with E-state index in [0.29, 0.717) is 0 Å². The first-order chi connectivity index (χ1) is 5.42. The summed E-state index contributed by atoms with van der Waals surface area (Å²) in [6, 6.07) is 0. The molecule has 1 rings (SSSR count). The Kier molecular flexibility index (Phi) is 2.48. The minimum Gasteiger partial charge on any atom is -0.327 e. The van der Waals surface area contributed by atoms with Gasteiger partial charge in [-0.05, 0) is 24.2 Å². The van der Waals surface area contributed by atoms with Crippen molar-refractivity contribution in [1.82, 2.24) is 0 Å². The molecule has 0 aliphatic heterocycles. The Morgan fingerprint density at radius 1 is 1.33 bits per heavy atom. The van der Waals surface area contributed by atoms with E-state index in [-0.39, 0.29) is 17.9 Å². The van der Waals surface area contributed by atoms with Crippen LogP contribution >= 0.6 is 0 Å². The molecule has 2 N–H and O–H groups in total. The van der Waals surface area contributed by atoms with E-state index in [4.69, 9.17) is 5.73 Å². The van der Waals surface area contributed by atoms with Gasteiger partial charge in [-0.25, -0.2) is 4.39 Å². The molecule has 1 atom stereocenters. The maximum absolute atomic E-state index is 14.3. The molecular weight excluding hydrogens is 153 g/mol. The van der Waals surface area contributed by atoms with Crippen LogP contribution in [0.5, 0.6) is 0 Å². The minimum atomic E-state index is -1.15. The molecule has 0 aromatic rings. The summed E-state index contributed by atoms with van der Waals surface area (Å²) in [5, 5.41) is 0. The lowest BCUT2D eigenvalue weighted by Crippen LogP contribution is -2.53. The van der Waals surface area contributed by atoms with Crippen LogP contribution in [0, 0.1) is 11.3 Å². The summed E-state index contributed by atoms with van der Waals surface area (Å²) in [5.74, 6) is 0.211. The average molecular weight is 173 g/mol. The van der Waals surface area contributed by atoms with Gasteiger partial charge in [0.15, 0.2) is 0 Å². The van der Waals surface area contributed by atoms with Gasteiger partial charge in [-0.3, -0.25) is 0 Å². The Hall–Kier alpha value is -0.110. The highest BCUT2D eigenvalue weighted by molar-refractivity contribution is 5.00. The largest absolute Gasteiger partial charge is 0.327 e. The molecule has 12 heavy (non-hydrogen) atoms. The Labute approximate surface area is 74.5 Å². The van der Waals surface area contributed by atoms with Crippen LogP contribution in [-0.4, -0.2) is 12.2 Å². The van der Waals surface area contributed by atoms with Crippen LogP contribution in [0.3, 0.4) is 0 Å². The summed E-state index contributed by atoms with van der Waals surface area (Å²) in [6.45, 7) is 6.00. The summed E-state index contributed by atoms with van der Waals surface area (Å²) >= 11 is 0. The minimum absolute atomic E-state index is 0.168. The van der Waals surface area contributed by atoms with Gasteiger partial charge in [-0.15, -0.1) is 0 Å². The Morgan fingerprint density at radius 2 is 1.83 bits per heavy atom. The third kappa shape index (κ3) is 1.37. The van der Waals surface area contributed by atoms with E-state index in [1.807, 2.05) is 20.8 Å². The van der Waals surface area contributed by atoms with Gasteiger partial charge < -0.3 is 5.73 Å².